The van der Waals surface area contributed by atoms with Crippen LogP contribution in [0.2, 0.25) is 0 Å². The Morgan fingerprint density at radius 1 is 1.06 bits per heavy atom. The summed E-state index contributed by atoms with van der Waals surface area (Å²) < 4.78 is 5.49. The molecule has 7 nitrogen and oxygen atoms in total. The SMILES string of the molecule is CC(CC(=O)NCC1(C(=O)O)CC1)NC(=O)OCC1c2ccccc2-c2ccccc21. The van der Waals surface area contributed by atoms with Crippen LogP contribution in [0.4, 0.5) is 4.79 Å². The van der Waals surface area contributed by atoms with Crippen LogP contribution in [0, 0.1) is 5.41 Å². The standard InChI is InChI=1S/C24H26N2O5/c1-15(12-21(27)25-14-24(10-11-24)22(28)29)26-23(30)31-13-20-18-8-4-2-6-16(18)17-7-3-5-9-19(17)20/h2-9,15,20H,10-14H2,1H3,(H,25,27)(H,26,30)(H,28,29). The number of ether oxygens (including phenoxy) is 1. The number of hydrogen-bond donors (Lipinski definition) is 3. The minimum atomic E-state index is -0.877. The molecule has 3 N–H and O–H groups in total. The molecule has 0 radical (unpaired) electrons. The molecule has 1 saturated carbocycles. The first kappa shape index (κ1) is 20.9. The quantitative estimate of drug-likeness (QED) is 0.606. The molecule has 2 aliphatic carbocycles. The van der Waals surface area contributed by atoms with E-state index in [0.717, 1.165) is 22.3 Å². The molecule has 0 saturated heterocycles. The van der Waals surface area contributed by atoms with Crippen molar-refractivity contribution in [3.05, 3.63) is 59.7 Å². The summed E-state index contributed by atoms with van der Waals surface area (Å²) in [6.07, 6.45) is 0.637. The van der Waals surface area contributed by atoms with Gasteiger partial charge >= 0.3 is 12.1 Å². The van der Waals surface area contributed by atoms with Gasteiger partial charge < -0.3 is 20.5 Å². The first-order valence-electron chi connectivity index (χ1n) is 10.5. The van der Waals surface area contributed by atoms with E-state index in [1.54, 1.807) is 6.92 Å². The number of fused-ring (bicyclic) bond motifs is 3. The number of nitrogens with one attached hydrogen (secondary N) is 2. The minimum Gasteiger partial charge on any atom is -0.481 e. The number of hydrogen-bond acceptors (Lipinski definition) is 4. The minimum absolute atomic E-state index is 0.0255. The first-order valence-corrected chi connectivity index (χ1v) is 10.5. The highest BCUT2D eigenvalue weighted by Crippen LogP contribution is 2.45. The molecule has 0 aliphatic heterocycles. The Morgan fingerprint density at radius 2 is 1.65 bits per heavy atom. The molecule has 0 spiro atoms. The van der Waals surface area contributed by atoms with Gasteiger partial charge in [-0.2, -0.15) is 0 Å². The van der Waals surface area contributed by atoms with Crippen molar-refractivity contribution in [1.82, 2.24) is 10.6 Å². The number of carboxylic acids is 1. The van der Waals surface area contributed by atoms with Crippen molar-refractivity contribution in [2.24, 2.45) is 5.41 Å². The number of rotatable bonds is 8. The fraction of sp³-hybridized carbons (Fsp3) is 0.375. The smallest absolute Gasteiger partial charge is 0.407 e. The average molecular weight is 422 g/mol. The summed E-state index contributed by atoms with van der Waals surface area (Å²) >= 11 is 0. The van der Waals surface area contributed by atoms with Crippen LogP contribution in [0.25, 0.3) is 11.1 Å². The highest BCUT2D eigenvalue weighted by atomic mass is 16.5. The number of carbonyl (C=O) groups excluding carboxylic acids is 2. The van der Waals surface area contributed by atoms with E-state index in [2.05, 4.69) is 34.9 Å². The van der Waals surface area contributed by atoms with Gasteiger partial charge in [-0.05, 0) is 42.0 Å². The second-order valence-corrected chi connectivity index (χ2v) is 8.44. The summed E-state index contributed by atoms with van der Waals surface area (Å²) in [4.78, 5) is 35.5. The Labute approximate surface area is 180 Å². The molecule has 0 heterocycles. The van der Waals surface area contributed by atoms with Crippen molar-refractivity contribution in [3.63, 3.8) is 0 Å². The monoisotopic (exact) mass is 422 g/mol. The lowest BCUT2D eigenvalue weighted by Crippen LogP contribution is -2.40. The lowest BCUT2D eigenvalue weighted by molar-refractivity contribution is -0.143. The van der Waals surface area contributed by atoms with Gasteiger partial charge in [0.1, 0.15) is 6.61 Å². The molecule has 2 aromatic carbocycles. The molecular weight excluding hydrogens is 396 g/mol. The summed E-state index contributed by atoms with van der Waals surface area (Å²) in [5, 5.41) is 14.5. The fourth-order valence-electron chi connectivity index (χ4n) is 4.13. The van der Waals surface area contributed by atoms with Crippen molar-refractivity contribution < 1.29 is 24.2 Å². The topological polar surface area (TPSA) is 105 Å². The maximum absolute atomic E-state index is 12.3. The van der Waals surface area contributed by atoms with E-state index in [9.17, 15) is 14.4 Å². The molecule has 2 aromatic rings. The van der Waals surface area contributed by atoms with Gasteiger partial charge in [0.15, 0.2) is 0 Å². The number of alkyl carbamates (subject to hydrolysis) is 1. The van der Waals surface area contributed by atoms with E-state index in [0.29, 0.717) is 12.8 Å². The Bertz CT molecular complexity index is 969. The molecule has 0 bridgehead atoms. The molecule has 1 fully saturated rings. The summed E-state index contributed by atoms with van der Waals surface area (Å²) in [6.45, 7) is 2.05. The molecule has 1 atom stereocenters. The first-order chi connectivity index (χ1) is 14.9. The second kappa shape index (κ2) is 8.41. The van der Waals surface area contributed by atoms with E-state index in [1.807, 2.05) is 24.3 Å². The normalized spacial score (nSPS) is 16.5. The Balaban J connectivity index is 1.27. The average Bonchev–Trinajstić information content (AvgIpc) is 3.48. The summed E-state index contributed by atoms with van der Waals surface area (Å²) in [6, 6.07) is 15.8. The number of carboxylic acid groups (broad SMARTS) is 1. The van der Waals surface area contributed by atoms with Crippen LogP contribution in [-0.4, -0.2) is 42.3 Å². The van der Waals surface area contributed by atoms with Crippen LogP contribution in [0.3, 0.4) is 0 Å². The molecule has 0 aromatic heterocycles. The number of carbonyl (C=O) groups is 3. The van der Waals surface area contributed by atoms with E-state index in [-0.39, 0.29) is 31.4 Å². The van der Waals surface area contributed by atoms with Crippen LogP contribution in [-0.2, 0) is 14.3 Å². The van der Waals surface area contributed by atoms with Gasteiger partial charge in [-0.25, -0.2) is 4.79 Å². The van der Waals surface area contributed by atoms with E-state index in [1.165, 1.54) is 0 Å². The highest BCUT2D eigenvalue weighted by Gasteiger charge is 2.50. The summed E-state index contributed by atoms with van der Waals surface area (Å²) in [5.74, 6) is -1.20. The zero-order valence-electron chi connectivity index (χ0n) is 17.4. The molecule has 4 rings (SSSR count). The molecule has 2 aliphatic rings. The van der Waals surface area contributed by atoms with Crippen LogP contribution >= 0.6 is 0 Å². The molecule has 1 unspecified atom stereocenters. The summed E-state index contributed by atoms with van der Waals surface area (Å²) in [7, 11) is 0. The van der Waals surface area contributed by atoms with Crippen LogP contribution in [0.5, 0.6) is 0 Å². The van der Waals surface area contributed by atoms with Gasteiger partial charge in [-0.1, -0.05) is 48.5 Å². The second-order valence-electron chi connectivity index (χ2n) is 8.44. The highest BCUT2D eigenvalue weighted by molar-refractivity contribution is 5.82. The number of benzene rings is 2. The van der Waals surface area contributed by atoms with Gasteiger partial charge in [-0.15, -0.1) is 0 Å². The van der Waals surface area contributed by atoms with Crippen LogP contribution < -0.4 is 10.6 Å². The number of aliphatic carboxylic acids is 1. The van der Waals surface area contributed by atoms with Crippen LogP contribution in [0.1, 0.15) is 43.2 Å². The van der Waals surface area contributed by atoms with Crippen molar-refractivity contribution in [1.29, 1.82) is 0 Å². The lowest BCUT2D eigenvalue weighted by atomic mass is 9.98. The third kappa shape index (κ3) is 4.40. The van der Waals surface area contributed by atoms with Crippen molar-refractivity contribution in [3.8, 4) is 11.1 Å². The van der Waals surface area contributed by atoms with Gasteiger partial charge in [0.05, 0.1) is 5.41 Å². The molecule has 7 heteroatoms. The fourth-order valence-corrected chi connectivity index (χ4v) is 4.13. The zero-order valence-corrected chi connectivity index (χ0v) is 17.4. The molecule has 162 valence electrons. The largest absolute Gasteiger partial charge is 0.481 e. The third-order valence-electron chi connectivity index (χ3n) is 6.13. The van der Waals surface area contributed by atoms with Gasteiger partial charge in [-0.3, -0.25) is 9.59 Å². The van der Waals surface area contributed by atoms with Crippen molar-refractivity contribution >= 4 is 18.0 Å². The van der Waals surface area contributed by atoms with Gasteiger partial charge in [0.25, 0.3) is 0 Å². The number of amides is 2. The van der Waals surface area contributed by atoms with Gasteiger partial charge in [0, 0.05) is 24.9 Å². The maximum atomic E-state index is 12.3. The van der Waals surface area contributed by atoms with Gasteiger partial charge in [0.2, 0.25) is 5.91 Å². The van der Waals surface area contributed by atoms with Crippen LogP contribution in [0.15, 0.2) is 48.5 Å². The van der Waals surface area contributed by atoms with Crippen molar-refractivity contribution in [2.45, 2.75) is 38.1 Å². The predicted octanol–water partition coefficient (Wildman–Crippen LogP) is 3.28. The molecular formula is C24H26N2O5. The maximum Gasteiger partial charge on any atom is 0.407 e. The Hall–Kier alpha value is -3.35. The third-order valence-corrected chi connectivity index (χ3v) is 6.13. The molecule has 2 amide bonds. The van der Waals surface area contributed by atoms with E-state index < -0.39 is 23.5 Å². The Morgan fingerprint density at radius 3 is 2.19 bits per heavy atom. The Kier molecular flexibility index (Phi) is 5.67. The lowest BCUT2D eigenvalue weighted by Gasteiger charge is -2.17. The zero-order chi connectivity index (χ0) is 22.0. The molecule has 31 heavy (non-hydrogen) atoms. The summed E-state index contributed by atoms with van der Waals surface area (Å²) in [5.41, 5.74) is 3.78. The van der Waals surface area contributed by atoms with E-state index in [4.69, 9.17) is 9.84 Å². The predicted molar refractivity (Wildman–Crippen MR) is 115 cm³/mol. The van der Waals surface area contributed by atoms with E-state index >= 15 is 0 Å². The van der Waals surface area contributed by atoms with Crippen molar-refractivity contribution in [2.75, 3.05) is 13.2 Å².